The summed E-state index contributed by atoms with van der Waals surface area (Å²) in [4.78, 5) is 37.0. The summed E-state index contributed by atoms with van der Waals surface area (Å²) in [5.74, 6) is -1.13. The van der Waals surface area contributed by atoms with Crippen LogP contribution in [0.5, 0.6) is 0 Å². The molecule has 0 atom stereocenters. The van der Waals surface area contributed by atoms with Gasteiger partial charge in [-0.1, -0.05) is 48.5 Å². The van der Waals surface area contributed by atoms with Gasteiger partial charge in [0.15, 0.2) is 0 Å². The Labute approximate surface area is 183 Å². The summed E-state index contributed by atoms with van der Waals surface area (Å²) < 4.78 is 2.63. The average molecular weight is 428 g/mol. The van der Waals surface area contributed by atoms with Crippen LogP contribution in [0.15, 0.2) is 83.8 Å². The van der Waals surface area contributed by atoms with Crippen molar-refractivity contribution in [2.45, 2.75) is 13.5 Å². The van der Waals surface area contributed by atoms with E-state index in [0.717, 1.165) is 15.9 Å². The van der Waals surface area contributed by atoms with Gasteiger partial charge in [0.1, 0.15) is 12.2 Å². The lowest BCUT2D eigenvalue weighted by atomic mass is 10.1. The summed E-state index contributed by atoms with van der Waals surface area (Å²) in [6, 6.07) is 21.6. The highest BCUT2D eigenvalue weighted by Gasteiger charge is 2.19. The van der Waals surface area contributed by atoms with E-state index in [-0.39, 0.29) is 12.1 Å². The highest BCUT2D eigenvalue weighted by molar-refractivity contribution is 6.00. The van der Waals surface area contributed by atoms with Crippen molar-refractivity contribution >= 4 is 11.8 Å². The highest BCUT2D eigenvalue weighted by Crippen LogP contribution is 2.23. The number of rotatable bonds is 5. The molecule has 2 heterocycles. The van der Waals surface area contributed by atoms with E-state index in [1.807, 2.05) is 60.7 Å². The number of aromatic nitrogens is 4. The molecule has 4 rings (SSSR count). The molecule has 0 radical (unpaired) electrons. The standard InChI is InChI=1S/C23H20N6O3/c1-16-12-13-21(31)29(26-16)15-20(30)24-25-23(32)19-14-28(18-10-6-3-7-11-18)27-22(19)17-8-4-2-5-9-17/h2-14H,15H2,1H3,(H,24,30)(H,25,32). The van der Waals surface area contributed by atoms with Crippen LogP contribution in [0, 0.1) is 6.92 Å². The molecule has 0 unspecified atom stereocenters. The molecule has 4 aromatic rings. The summed E-state index contributed by atoms with van der Waals surface area (Å²) >= 11 is 0. The van der Waals surface area contributed by atoms with Crippen molar-refractivity contribution in [2.24, 2.45) is 0 Å². The smallest absolute Gasteiger partial charge is 0.271 e. The van der Waals surface area contributed by atoms with E-state index >= 15 is 0 Å². The summed E-state index contributed by atoms with van der Waals surface area (Å²) in [7, 11) is 0. The predicted octanol–water partition coefficient (Wildman–Crippen LogP) is 1.87. The molecule has 0 saturated carbocycles. The Balaban J connectivity index is 1.55. The fourth-order valence-corrected chi connectivity index (χ4v) is 3.10. The molecule has 9 heteroatoms. The highest BCUT2D eigenvalue weighted by atomic mass is 16.2. The lowest BCUT2D eigenvalue weighted by Gasteiger charge is -2.08. The molecule has 2 aromatic carbocycles. The molecule has 0 saturated heterocycles. The van der Waals surface area contributed by atoms with Crippen molar-refractivity contribution in [1.29, 1.82) is 0 Å². The van der Waals surface area contributed by atoms with Gasteiger partial charge >= 0.3 is 0 Å². The third-order valence-electron chi connectivity index (χ3n) is 4.64. The molecular formula is C23H20N6O3. The zero-order chi connectivity index (χ0) is 22.5. The van der Waals surface area contributed by atoms with Gasteiger partial charge in [-0.2, -0.15) is 10.2 Å². The number of nitrogens with zero attached hydrogens (tertiary/aromatic N) is 4. The average Bonchev–Trinajstić information content (AvgIpc) is 3.27. The Morgan fingerprint density at radius 2 is 1.56 bits per heavy atom. The lowest BCUT2D eigenvalue weighted by Crippen LogP contribution is -2.44. The van der Waals surface area contributed by atoms with Gasteiger partial charge < -0.3 is 0 Å². The summed E-state index contributed by atoms with van der Waals surface area (Å²) in [6.45, 7) is 1.39. The van der Waals surface area contributed by atoms with Crippen LogP contribution in [0.25, 0.3) is 16.9 Å². The molecule has 0 aliphatic heterocycles. The largest absolute Gasteiger partial charge is 0.273 e. The van der Waals surface area contributed by atoms with E-state index in [9.17, 15) is 14.4 Å². The molecule has 0 aliphatic carbocycles. The zero-order valence-corrected chi connectivity index (χ0v) is 17.2. The minimum Gasteiger partial charge on any atom is -0.271 e. The third kappa shape index (κ3) is 4.62. The Bertz CT molecular complexity index is 1310. The first-order valence-electron chi connectivity index (χ1n) is 9.86. The summed E-state index contributed by atoms with van der Waals surface area (Å²) in [6.07, 6.45) is 1.60. The van der Waals surface area contributed by atoms with Gasteiger partial charge in [-0.3, -0.25) is 25.2 Å². The molecular weight excluding hydrogens is 408 g/mol. The second-order valence-electron chi connectivity index (χ2n) is 7.01. The Morgan fingerprint density at radius 1 is 0.875 bits per heavy atom. The molecule has 160 valence electrons. The number of hydrazine groups is 1. The number of carbonyl (C=O) groups is 2. The molecule has 2 N–H and O–H groups in total. The summed E-state index contributed by atoms with van der Waals surface area (Å²) in [5, 5.41) is 8.58. The monoisotopic (exact) mass is 428 g/mol. The maximum atomic E-state index is 12.9. The topological polar surface area (TPSA) is 111 Å². The number of nitrogens with one attached hydrogen (secondary N) is 2. The minimum atomic E-state index is -0.588. The zero-order valence-electron chi connectivity index (χ0n) is 17.2. The van der Waals surface area contributed by atoms with Crippen molar-refractivity contribution in [3.05, 3.63) is 101 Å². The van der Waals surface area contributed by atoms with E-state index in [4.69, 9.17) is 0 Å². The predicted molar refractivity (Wildman–Crippen MR) is 118 cm³/mol. The molecule has 0 bridgehead atoms. The first-order chi connectivity index (χ1) is 15.5. The lowest BCUT2D eigenvalue weighted by molar-refractivity contribution is -0.122. The third-order valence-corrected chi connectivity index (χ3v) is 4.64. The van der Waals surface area contributed by atoms with Gasteiger partial charge in [0.05, 0.1) is 16.9 Å². The number of amides is 2. The van der Waals surface area contributed by atoms with Crippen molar-refractivity contribution in [3.63, 3.8) is 0 Å². The van der Waals surface area contributed by atoms with E-state index < -0.39 is 17.4 Å². The Morgan fingerprint density at radius 3 is 2.28 bits per heavy atom. The maximum absolute atomic E-state index is 12.9. The summed E-state index contributed by atoms with van der Waals surface area (Å²) in [5.41, 5.74) is 7.21. The van der Waals surface area contributed by atoms with E-state index in [1.54, 1.807) is 23.9 Å². The quantitative estimate of drug-likeness (QED) is 0.472. The van der Waals surface area contributed by atoms with Gasteiger partial charge in [0.2, 0.25) is 0 Å². The molecule has 0 aliphatic rings. The first kappa shape index (κ1) is 20.7. The van der Waals surface area contributed by atoms with Gasteiger partial charge in [-0.05, 0) is 25.1 Å². The van der Waals surface area contributed by atoms with Gasteiger partial charge in [-0.15, -0.1) is 0 Å². The van der Waals surface area contributed by atoms with E-state index in [0.29, 0.717) is 11.4 Å². The second kappa shape index (κ2) is 9.09. The van der Waals surface area contributed by atoms with Crippen LogP contribution >= 0.6 is 0 Å². The van der Waals surface area contributed by atoms with Crippen molar-refractivity contribution in [1.82, 2.24) is 30.4 Å². The molecule has 32 heavy (non-hydrogen) atoms. The first-order valence-corrected chi connectivity index (χ1v) is 9.86. The fourth-order valence-electron chi connectivity index (χ4n) is 3.10. The van der Waals surface area contributed by atoms with Crippen LogP contribution in [0.1, 0.15) is 16.1 Å². The number of benzene rings is 2. The molecule has 0 fully saturated rings. The SMILES string of the molecule is Cc1ccc(=O)n(CC(=O)NNC(=O)c2cn(-c3ccccc3)nc2-c2ccccc2)n1. The van der Waals surface area contributed by atoms with Crippen molar-refractivity contribution in [3.8, 4) is 16.9 Å². The molecule has 0 spiro atoms. The Kier molecular flexibility index (Phi) is 5.89. The molecule has 2 aromatic heterocycles. The van der Waals surface area contributed by atoms with Crippen LogP contribution in [0.4, 0.5) is 0 Å². The van der Waals surface area contributed by atoms with Crippen LogP contribution in [-0.2, 0) is 11.3 Å². The van der Waals surface area contributed by atoms with Crippen molar-refractivity contribution < 1.29 is 9.59 Å². The number of aryl methyl sites for hydroxylation is 1. The second-order valence-corrected chi connectivity index (χ2v) is 7.01. The van der Waals surface area contributed by atoms with Crippen LogP contribution in [-0.4, -0.2) is 31.4 Å². The van der Waals surface area contributed by atoms with Crippen molar-refractivity contribution in [2.75, 3.05) is 0 Å². The van der Waals surface area contributed by atoms with Gasteiger partial charge in [-0.25, -0.2) is 9.36 Å². The van der Waals surface area contributed by atoms with Crippen LogP contribution in [0.2, 0.25) is 0 Å². The number of carbonyl (C=O) groups excluding carboxylic acids is 2. The Hall–Kier alpha value is -4.53. The number of hydrogen-bond donors (Lipinski definition) is 2. The normalized spacial score (nSPS) is 10.5. The molecule has 9 nitrogen and oxygen atoms in total. The number of hydrogen-bond acceptors (Lipinski definition) is 5. The van der Waals surface area contributed by atoms with Gasteiger partial charge in [0.25, 0.3) is 17.4 Å². The minimum absolute atomic E-state index is 0.284. The van der Waals surface area contributed by atoms with Crippen LogP contribution in [0.3, 0.4) is 0 Å². The van der Waals surface area contributed by atoms with Gasteiger partial charge in [0, 0.05) is 17.8 Å². The van der Waals surface area contributed by atoms with E-state index in [1.165, 1.54) is 6.07 Å². The number of para-hydroxylation sites is 1. The van der Waals surface area contributed by atoms with Crippen LogP contribution < -0.4 is 16.4 Å². The fraction of sp³-hybridized carbons (Fsp3) is 0.0870. The maximum Gasteiger partial charge on any atom is 0.273 e. The molecule has 2 amide bonds. The van der Waals surface area contributed by atoms with E-state index in [2.05, 4.69) is 21.0 Å².